The van der Waals surface area contributed by atoms with Gasteiger partial charge in [-0.1, -0.05) is 36.4 Å². The second-order valence-corrected chi connectivity index (χ2v) is 8.43. The summed E-state index contributed by atoms with van der Waals surface area (Å²) in [4.78, 5) is 20.0. The molecule has 2 aromatic carbocycles. The zero-order valence-corrected chi connectivity index (χ0v) is 18.4. The molecule has 0 radical (unpaired) electrons. The molecule has 0 N–H and O–H groups in total. The van der Waals surface area contributed by atoms with E-state index in [0.717, 1.165) is 19.6 Å². The molecule has 0 atom stereocenters. The Morgan fingerprint density at radius 2 is 1.74 bits per heavy atom. The SMILES string of the molecule is O=C1/C(=C/c2cc(Br)c(I)o2)SC(=Nc2ccccc2)N1c1ccccc1. The number of hydrogen-bond donors (Lipinski definition) is 0. The number of furan rings is 1. The van der Waals surface area contributed by atoms with Crippen LogP contribution in [0.15, 0.2) is 85.5 Å². The number of carbonyl (C=O) groups excluding carboxylic acids is 1. The molecular weight excluding hydrogens is 539 g/mol. The van der Waals surface area contributed by atoms with E-state index in [1.165, 1.54) is 11.8 Å². The molecule has 27 heavy (non-hydrogen) atoms. The lowest BCUT2D eigenvalue weighted by atomic mass is 10.3. The average molecular weight is 551 g/mol. The predicted molar refractivity (Wildman–Crippen MR) is 122 cm³/mol. The van der Waals surface area contributed by atoms with Gasteiger partial charge in [-0.2, -0.15) is 0 Å². The van der Waals surface area contributed by atoms with E-state index in [0.29, 0.717) is 15.8 Å². The molecule has 7 heteroatoms. The van der Waals surface area contributed by atoms with Crippen LogP contribution in [0.3, 0.4) is 0 Å². The lowest BCUT2D eigenvalue weighted by Crippen LogP contribution is -2.28. The molecule has 2 heterocycles. The van der Waals surface area contributed by atoms with Crippen LogP contribution in [0.4, 0.5) is 11.4 Å². The smallest absolute Gasteiger partial charge is 0.271 e. The van der Waals surface area contributed by atoms with Gasteiger partial charge < -0.3 is 4.42 Å². The third-order valence-electron chi connectivity index (χ3n) is 3.74. The number of halogens is 2. The fraction of sp³-hybridized carbons (Fsp3) is 0. The van der Waals surface area contributed by atoms with Crippen molar-refractivity contribution in [3.05, 3.63) is 85.6 Å². The monoisotopic (exact) mass is 550 g/mol. The van der Waals surface area contributed by atoms with Gasteiger partial charge in [-0.3, -0.25) is 9.69 Å². The summed E-state index contributed by atoms with van der Waals surface area (Å²) in [6.07, 6.45) is 1.75. The number of aliphatic imine (C=N–C) groups is 1. The maximum absolute atomic E-state index is 13.1. The molecule has 0 bridgehead atoms. The van der Waals surface area contributed by atoms with Crippen LogP contribution in [0.1, 0.15) is 5.76 Å². The number of benzene rings is 2. The number of carbonyl (C=O) groups is 1. The Hall–Kier alpha value is -1.84. The molecule has 0 spiro atoms. The lowest BCUT2D eigenvalue weighted by molar-refractivity contribution is -0.113. The molecule has 1 aliphatic rings. The van der Waals surface area contributed by atoms with Crippen molar-refractivity contribution in [1.29, 1.82) is 0 Å². The van der Waals surface area contributed by atoms with Gasteiger partial charge in [0.05, 0.1) is 20.8 Å². The Balaban J connectivity index is 1.77. The molecular formula is C20H12BrIN2O2S. The second kappa shape index (κ2) is 8.04. The Morgan fingerprint density at radius 3 is 2.37 bits per heavy atom. The third-order valence-corrected chi connectivity index (χ3v) is 6.84. The number of amides is 1. The van der Waals surface area contributed by atoms with Crippen LogP contribution >= 0.6 is 50.3 Å². The number of amidine groups is 1. The number of thioether (sulfide) groups is 1. The van der Waals surface area contributed by atoms with Crippen molar-refractivity contribution >= 4 is 78.8 Å². The lowest BCUT2D eigenvalue weighted by Gasteiger charge is -2.15. The zero-order valence-electron chi connectivity index (χ0n) is 13.8. The summed E-state index contributed by atoms with van der Waals surface area (Å²) in [5.74, 6) is 0.500. The minimum atomic E-state index is -0.122. The van der Waals surface area contributed by atoms with Gasteiger partial charge >= 0.3 is 0 Å². The largest absolute Gasteiger partial charge is 0.450 e. The molecule has 1 fully saturated rings. The molecule has 1 aliphatic heterocycles. The molecule has 0 saturated carbocycles. The molecule has 134 valence electrons. The van der Waals surface area contributed by atoms with Crippen LogP contribution in [-0.2, 0) is 4.79 Å². The molecule has 3 aromatic rings. The number of para-hydroxylation sites is 2. The molecule has 0 unspecified atom stereocenters. The second-order valence-electron chi connectivity index (χ2n) is 5.59. The summed E-state index contributed by atoms with van der Waals surface area (Å²) in [6, 6.07) is 21.0. The van der Waals surface area contributed by atoms with Crippen molar-refractivity contribution in [2.24, 2.45) is 4.99 Å². The van der Waals surface area contributed by atoms with Crippen molar-refractivity contribution in [1.82, 2.24) is 0 Å². The third kappa shape index (κ3) is 4.04. The highest BCUT2D eigenvalue weighted by Crippen LogP contribution is 2.38. The van der Waals surface area contributed by atoms with Crippen molar-refractivity contribution in [3.63, 3.8) is 0 Å². The topological polar surface area (TPSA) is 45.8 Å². The highest BCUT2D eigenvalue weighted by atomic mass is 127. The maximum Gasteiger partial charge on any atom is 0.271 e. The fourth-order valence-corrected chi connectivity index (χ4v) is 4.23. The number of anilines is 1. The van der Waals surface area contributed by atoms with Crippen molar-refractivity contribution in [2.75, 3.05) is 4.90 Å². The summed E-state index contributed by atoms with van der Waals surface area (Å²) in [7, 11) is 0. The first-order chi connectivity index (χ1) is 13.1. The summed E-state index contributed by atoms with van der Waals surface area (Å²) in [6.45, 7) is 0. The van der Waals surface area contributed by atoms with Crippen molar-refractivity contribution in [3.8, 4) is 0 Å². The van der Waals surface area contributed by atoms with Crippen molar-refractivity contribution < 1.29 is 9.21 Å². The van der Waals surface area contributed by atoms with Gasteiger partial charge in [-0.25, -0.2) is 4.99 Å². The van der Waals surface area contributed by atoms with Crippen LogP contribution in [0.25, 0.3) is 6.08 Å². The van der Waals surface area contributed by atoms with E-state index in [4.69, 9.17) is 4.42 Å². The first-order valence-corrected chi connectivity index (χ1v) is 10.7. The normalized spacial score (nSPS) is 17.3. The van der Waals surface area contributed by atoms with Crippen LogP contribution in [-0.4, -0.2) is 11.1 Å². The van der Waals surface area contributed by atoms with E-state index in [9.17, 15) is 4.79 Å². The first-order valence-electron chi connectivity index (χ1n) is 7.99. The zero-order chi connectivity index (χ0) is 18.8. The van der Waals surface area contributed by atoms with E-state index in [-0.39, 0.29) is 5.91 Å². The predicted octanol–water partition coefficient (Wildman–Crippen LogP) is 6.46. The van der Waals surface area contributed by atoms with Gasteiger partial charge in [0, 0.05) is 28.7 Å². The van der Waals surface area contributed by atoms with Crippen LogP contribution in [0.2, 0.25) is 0 Å². The molecule has 4 nitrogen and oxygen atoms in total. The molecule has 1 aromatic heterocycles. The van der Waals surface area contributed by atoms with E-state index in [1.807, 2.05) is 66.7 Å². The highest BCUT2D eigenvalue weighted by molar-refractivity contribution is 14.1. The van der Waals surface area contributed by atoms with Gasteiger partial charge in [0.2, 0.25) is 0 Å². The van der Waals surface area contributed by atoms with Crippen LogP contribution in [0, 0.1) is 3.77 Å². The summed E-state index contributed by atoms with van der Waals surface area (Å²) in [5.41, 5.74) is 1.58. The molecule has 1 amide bonds. The highest BCUT2D eigenvalue weighted by Gasteiger charge is 2.35. The number of hydrogen-bond acceptors (Lipinski definition) is 4. The average Bonchev–Trinajstić information content (AvgIpc) is 3.15. The Morgan fingerprint density at radius 1 is 1.07 bits per heavy atom. The maximum atomic E-state index is 13.1. The molecule has 1 saturated heterocycles. The van der Waals surface area contributed by atoms with Crippen molar-refractivity contribution in [2.45, 2.75) is 0 Å². The fourth-order valence-electron chi connectivity index (χ4n) is 2.53. The summed E-state index contributed by atoms with van der Waals surface area (Å²) < 4.78 is 7.27. The molecule has 4 rings (SSSR count). The van der Waals surface area contributed by atoms with E-state index in [2.05, 4.69) is 43.5 Å². The first kappa shape index (κ1) is 18.5. The Bertz CT molecular complexity index is 1030. The van der Waals surface area contributed by atoms with Crippen LogP contribution < -0.4 is 4.90 Å². The summed E-state index contributed by atoms with van der Waals surface area (Å²) >= 11 is 6.87. The summed E-state index contributed by atoms with van der Waals surface area (Å²) in [5, 5.41) is 0.615. The van der Waals surface area contributed by atoms with Gasteiger partial charge in [0.25, 0.3) is 5.91 Å². The van der Waals surface area contributed by atoms with Gasteiger partial charge in [0.15, 0.2) is 8.93 Å². The van der Waals surface area contributed by atoms with Gasteiger partial charge in [-0.15, -0.1) is 0 Å². The standard InChI is InChI=1S/C20H12BrIN2O2S/c21-16-11-15(26-18(16)22)12-17-19(25)24(14-9-5-2-6-10-14)20(27-17)23-13-7-3-1-4-8-13/h1-12H/b17-12-,23-20?. The number of nitrogens with zero attached hydrogens (tertiary/aromatic N) is 2. The van der Waals surface area contributed by atoms with Gasteiger partial charge in [-0.05, 0) is 58.0 Å². The van der Waals surface area contributed by atoms with Crippen LogP contribution in [0.5, 0.6) is 0 Å². The number of rotatable bonds is 3. The van der Waals surface area contributed by atoms with Gasteiger partial charge in [0.1, 0.15) is 5.76 Å². The Kier molecular flexibility index (Phi) is 5.51. The quantitative estimate of drug-likeness (QED) is 0.278. The minimum Gasteiger partial charge on any atom is -0.450 e. The minimum absolute atomic E-state index is 0.122. The molecule has 0 aliphatic carbocycles. The Labute approximate surface area is 182 Å². The van der Waals surface area contributed by atoms with E-state index in [1.54, 1.807) is 11.0 Å². The van der Waals surface area contributed by atoms with E-state index < -0.39 is 0 Å². The van der Waals surface area contributed by atoms with E-state index >= 15 is 0 Å².